The summed E-state index contributed by atoms with van der Waals surface area (Å²) in [5.41, 5.74) is 0.0354. The fraction of sp³-hybridized carbons (Fsp3) is 0.100. The predicted molar refractivity (Wildman–Crippen MR) is 93.2 cm³/mol. The van der Waals surface area contributed by atoms with Crippen molar-refractivity contribution in [1.29, 1.82) is 0 Å². The molecule has 3 rings (SSSR count). The molecule has 2 aromatic carbocycles. The highest BCUT2D eigenvalue weighted by atomic mass is 19.4. The van der Waals surface area contributed by atoms with Crippen molar-refractivity contribution in [3.05, 3.63) is 94.6 Å². The number of alkyl halides is 3. The predicted octanol–water partition coefficient (Wildman–Crippen LogP) is 4.33. The van der Waals surface area contributed by atoms with Gasteiger partial charge in [0, 0.05) is 23.9 Å². The van der Waals surface area contributed by atoms with Crippen LogP contribution in [0.5, 0.6) is 0 Å². The Labute approximate surface area is 157 Å². The van der Waals surface area contributed by atoms with Gasteiger partial charge in [0.2, 0.25) is 0 Å². The summed E-state index contributed by atoms with van der Waals surface area (Å²) < 4.78 is 51.1. The Morgan fingerprint density at radius 1 is 0.964 bits per heavy atom. The number of hydrogen-bond donors (Lipinski definition) is 2. The number of benzene rings is 2. The van der Waals surface area contributed by atoms with Gasteiger partial charge >= 0.3 is 6.18 Å². The van der Waals surface area contributed by atoms with Crippen LogP contribution in [-0.2, 0) is 12.7 Å². The molecule has 28 heavy (non-hydrogen) atoms. The van der Waals surface area contributed by atoms with Gasteiger partial charge in [-0.15, -0.1) is 0 Å². The third kappa shape index (κ3) is 4.46. The third-order valence-electron chi connectivity index (χ3n) is 4.00. The van der Waals surface area contributed by atoms with Gasteiger partial charge in [0.25, 0.3) is 5.91 Å². The molecule has 3 aromatic rings. The second kappa shape index (κ2) is 7.67. The number of H-pyrrole nitrogens is 1. The summed E-state index contributed by atoms with van der Waals surface area (Å²) in [6.07, 6.45) is -3.13. The number of aromatic amines is 1. The van der Waals surface area contributed by atoms with Crippen molar-refractivity contribution in [3.63, 3.8) is 0 Å². The number of nitrogens with one attached hydrogen (secondary N) is 2. The molecule has 0 spiro atoms. The van der Waals surface area contributed by atoms with E-state index in [1.807, 2.05) is 0 Å². The molecule has 1 amide bonds. The number of rotatable bonds is 5. The fourth-order valence-electron chi connectivity index (χ4n) is 2.56. The highest BCUT2D eigenvalue weighted by molar-refractivity contribution is 6.10. The summed E-state index contributed by atoms with van der Waals surface area (Å²) in [7, 11) is 0. The molecule has 0 radical (unpaired) electrons. The highest BCUT2D eigenvalue weighted by Crippen LogP contribution is 2.29. The minimum absolute atomic E-state index is 0.0810. The number of halogens is 4. The Morgan fingerprint density at radius 2 is 1.68 bits per heavy atom. The van der Waals surface area contributed by atoms with Crippen molar-refractivity contribution in [3.8, 4) is 0 Å². The first-order valence-electron chi connectivity index (χ1n) is 8.17. The molecule has 0 saturated heterocycles. The fourth-order valence-corrected chi connectivity index (χ4v) is 2.56. The number of carbonyl (C=O) groups excluding carboxylic acids is 2. The molecule has 1 aromatic heterocycles. The Hall–Kier alpha value is -3.42. The standard InChI is InChI=1S/C20H14F4N2O2/c21-16-6-4-13(5-7-16)18(27)14-9-17(25-11-14)19(28)26-10-12-2-1-3-15(8-12)20(22,23)24/h1-9,11,25H,10H2,(H,26,28). The number of aromatic nitrogens is 1. The average Bonchev–Trinajstić information content (AvgIpc) is 3.16. The number of carbonyl (C=O) groups is 2. The van der Waals surface area contributed by atoms with Gasteiger partial charge in [-0.3, -0.25) is 9.59 Å². The molecule has 4 nitrogen and oxygen atoms in total. The van der Waals surface area contributed by atoms with Crippen molar-refractivity contribution in [1.82, 2.24) is 10.3 Å². The number of ketones is 1. The van der Waals surface area contributed by atoms with Crippen molar-refractivity contribution in [2.45, 2.75) is 12.7 Å². The second-order valence-corrected chi connectivity index (χ2v) is 6.02. The van der Waals surface area contributed by atoms with Crippen LogP contribution in [0, 0.1) is 5.82 Å². The zero-order chi connectivity index (χ0) is 20.3. The Morgan fingerprint density at radius 3 is 2.36 bits per heavy atom. The van der Waals surface area contributed by atoms with Gasteiger partial charge in [-0.1, -0.05) is 12.1 Å². The van der Waals surface area contributed by atoms with E-state index in [1.54, 1.807) is 0 Å². The first kappa shape index (κ1) is 19.3. The Kier molecular flexibility index (Phi) is 5.30. The molecule has 0 unspecified atom stereocenters. The monoisotopic (exact) mass is 390 g/mol. The van der Waals surface area contributed by atoms with Crippen molar-refractivity contribution >= 4 is 11.7 Å². The van der Waals surface area contributed by atoms with Gasteiger partial charge in [-0.2, -0.15) is 13.2 Å². The summed E-state index contributed by atoms with van der Waals surface area (Å²) in [5.74, 6) is -1.44. The molecular weight excluding hydrogens is 376 g/mol. The highest BCUT2D eigenvalue weighted by Gasteiger charge is 2.30. The maximum Gasteiger partial charge on any atom is 0.416 e. The quantitative estimate of drug-likeness (QED) is 0.503. The lowest BCUT2D eigenvalue weighted by molar-refractivity contribution is -0.137. The zero-order valence-electron chi connectivity index (χ0n) is 14.3. The molecule has 0 atom stereocenters. The van der Waals surface area contributed by atoms with Crippen LogP contribution < -0.4 is 5.32 Å². The van der Waals surface area contributed by atoms with E-state index in [1.165, 1.54) is 36.5 Å². The van der Waals surface area contributed by atoms with Crippen LogP contribution in [0.2, 0.25) is 0 Å². The lowest BCUT2D eigenvalue weighted by atomic mass is 10.1. The lowest BCUT2D eigenvalue weighted by Crippen LogP contribution is -2.23. The summed E-state index contributed by atoms with van der Waals surface area (Å²) in [5, 5.41) is 2.49. The van der Waals surface area contributed by atoms with Gasteiger partial charge < -0.3 is 10.3 Å². The van der Waals surface area contributed by atoms with Gasteiger partial charge in [-0.05, 0) is 48.0 Å². The summed E-state index contributed by atoms with van der Waals surface area (Å²) in [6.45, 7) is -0.108. The number of amides is 1. The molecule has 0 bridgehead atoms. The summed E-state index contributed by atoms with van der Waals surface area (Å²) in [6, 6.07) is 10.9. The molecule has 8 heteroatoms. The van der Waals surface area contributed by atoms with Crippen molar-refractivity contribution in [2.24, 2.45) is 0 Å². The van der Waals surface area contributed by atoms with Gasteiger partial charge in [0.1, 0.15) is 11.5 Å². The smallest absolute Gasteiger partial charge is 0.356 e. The summed E-state index contributed by atoms with van der Waals surface area (Å²) in [4.78, 5) is 27.2. The first-order valence-corrected chi connectivity index (χ1v) is 8.17. The first-order chi connectivity index (χ1) is 13.2. The van der Waals surface area contributed by atoms with Crippen LogP contribution in [0.4, 0.5) is 17.6 Å². The molecule has 0 saturated carbocycles. The van der Waals surface area contributed by atoms with Gasteiger partial charge in [-0.25, -0.2) is 4.39 Å². The molecular formula is C20H14F4N2O2. The van der Waals surface area contributed by atoms with Crippen LogP contribution in [0.15, 0.2) is 60.8 Å². The van der Waals surface area contributed by atoms with E-state index in [2.05, 4.69) is 10.3 Å². The van der Waals surface area contributed by atoms with Crippen LogP contribution in [0.1, 0.15) is 37.5 Å². The largest absolute Gasteiger partial charge is 0.416 e. The van der Waals surface area contributed by atoms with Crippen LogP contribution in [-0.4, -0.2) is 16.7 Å². The SMILES string of the molecule is O=C(c1ccc(F)cc1)c1c[nH]c(C(=O)NCc2cccc(C(F)(F)F)c2)c1. The molecule has 0 fully saturated rings. The topological polar surface area (TPSA) is 62.0 Å². The van der Waals surface area contributed by atoms with Crippen molar-refractivity contribution < 1.29 is 27.2 Å². The lowest BCUT2D eigenvalue weighted by Gasteiger charge is -2.09. The van der Waals surface area contributed by atoms with Crippen LogP contribution in [0.25, 0.3) is 0 Å². The zero-order valence-corrected chi connectivity index (χ0v) is 14.3. The van der Waals surface area contributed by atoms with Gasteiger partial charge in [0.05, 0.1) is 5.56 Å². The minimum atomic E-state index is -4.46. The molecule has 1 heterocycles. The van der Waals surface area contributed by atoms with E-state index in [0.29, 0.717) is 0 Å². The van der Waals surface area contributed by atoms with Crippen LogP contribution >= 0.6 is 0 Å². The van der Waals surface area contributed by atoms with Crippen LogP contribution in [0.3, 0.4) is 0 Å². The Bertz CT molecular complexity index is 1010. The third-order valence-corrected chi connectivity index (χ3v) is 4.00. The van der Waals surface area contributed by atoms with E-state index in [0.717, 1.165) is 24.3 Å². The minimum Gasteiger partial charge on any atom is -0.356 e. The molecule has 0 aliphatic rings. The van der Waals surface area contributed by atoms with Crippen molar-refractivity contribution in [2.75, 3.05) is 0 Å². The normalized spacial score (nSPS) is 11.3. The second-order valence-electron chi connectivity index (χ2n) is 6.02. The van der Waals surface area contributed by atoms with Gasteiger partial charge in [0.15, 0.2) is 5.78 Å². The van der Waals surface area contributed by atoms with E-state index < -0.39 is 29.2 Å². The summed E-state index contributed by atoms with van der Waals surface area (Å²) >= 11 is 0. The Balaban J connectivity index is 1.66. The van der Waals surface area contributed by atoms with E-state index in [-0.39, 0.29) is 28.9 Å². The molecule has 144 valence electrons. The van der Waals surface area contributed by atoms with E-state index >= 15 is 0 Å². The molecule has 0 aliphatic heterocycles. The maximum atomic E-state index is 12.9. The van der Waals surface area contributed by atoms with E-state index in [9.17, 15) is 27.2 Å². The van der Waals surface area contributed by atoms with E-state index in [4.69, 9.17) is 0 Å². The molecule has 2 N–H and O–H groups in total. The number of hydrogen-bond acceptors (Lipinski definition) is 2. The maximum absolute atomic E-state index is 12.9. The average molecular weight is 390 g/mol. The molecule has 0 aliphatic carbocycles.